The van der Waals surface area contributed by atoms with Gasteiger partial charge in [0.15, 0.2) is 0 Å². The molecule has 0 aliphatic carbocycles. The molecule has 0 amide bonds. The maximum atomic E-state index is 5.74. The van der Waals surface area contributed by atoms with Crippen LogP contribution in [-0.2, 0) is 11.8 Å². The van der Waals surface area contributed by atoms with Gasteiger partial charge in [-0.25, -0.2) is 4.68 Å². The normalized spacial score (nSPS) is 15.9. The standard InChI is InChI=1S/C28H28N5O/c1-18-9-10-23-24(15-18)33(28(20-7-5-4-6-8-20)21-11-13-34-14-12-21)25-16-22(17-29-26(23)25)27-19(2)30-31-32(27)3/h4-10,15-17,21,28H,1,11-14H2,2-3H3/t28-/m1/s1. The molecule has 171 valence electrons. The molecular formula is C28H28N5O. The van der Waals surface area contributed by atoms with Gasteiger partial charge in [-0.05, 0) is 55.9 Å². The Balaban J connectivity index is 1.67. The minimum Gasteiger partial charge on any atom is -0.381 e. The van der Waals surface area contributed by atoms with Crippen molar-refractivity contribution in [2.45, 2.75) is 25.8 Å². The summed E-state index contributed by atoms with van der Waals surface area (Å²) in [5.41, 5.74) is 8.54. The average Bonchev–Trinajstić information content (AvgIpc) is 3.36. The Morgan fingerprint density at radius 2 is 1.82 bits per heavy atom. The number of fused-ring (bicyclic) bond motifs is 3. The van der Waals surface area contributed by atoms with Crippen molar-refractivity contribution in [3.8, 4) is 11.3 Å². The quantitative estimate of drug-likeness (QED) is 0.363. The molecule has 6 nitrogen and oxygen atoms in total. The fourth-order valence-electron chi connectivity index (χ4n) is 5.55. The molecule has 1 atom stereocenters. The lowest BCUT2D eigenvalue weighted by Gasteiger charge is -2.33. The molecule has 1 aliphatic rings. The molecule has 1 aliphatic heterocycles. The molecule has 0 bridgehead atoms. The van der Waals surface area contributed by atoms with Crippen molar-refractivity contribution in [3.05, 3.63) is 84.5 Å². The van der Waals surface area contributed by atoms with Gasteiger partial charge in [0.25, 0.3) is 0 Å². The van der Waals surface area contributed by atoms with Crippen LogP contribution in [0.3, 0.4) is 0 Å². The van der Waals surface area contributed by atoms with Crippen molar-refractivity contribution in [1.29, 1.82) is 0 Å². The Labute approximate surface area is 199 Å². The van der Waals surface area contributed by atoms with Crippen LogP contribution in [0.2, 0.25) is 0 Å². The van der Waals surface area contributed by atoms with Crippen molar-refractivity contribution < 1.29 is 4.74 Å². The highest BCUT2D eigenvalue weighted by molar-refractivity contribution is 6.07. The molecule has 4 heterocycles. The first-order chi connectivity index (χ1) is 16.6. The first-order valence-electron chi connectivity index (χ1n) is 11.9. The van der Waals surface area contributed by atoms with Crippen LogP contribution in [0.5, 0.6) is 0 Å². The molecule has 34 heavy (non-hydrogen) atoms. The molecule has 0 saturated carbocycles. The minimum absolute atomic E-state index is 0.176. The van der Waals surface area contributed by atoms with Crippen molar-refractivity contribution in [2.75, 3.05) is 13.2 Å². The lowest BCUT2D eigenvalue weighted by molar-refractivity contribution is 0.0553. The third-order valence-corrected chi connectivity index (χ3v) is 7.10. The van der Waals surface area contributed by atoms with E-state index in [2.05, 4.69) is 76.4 Å². The fourth-order valence-corrected chi connectivity index (χ4v) is 5.55. The molecule has 1 saturated heterocycles. The monoisotopic (exact) mass is 450 g/mol. The summed E-state index contributed by atoms with van der Waals surface area (Å²) in [6.45, 7) is 7.83. The van der Waals surface area contributed by atoms with Crippen LogP contribution in [0.4, 0.5) is 0 Å². The first-order valence-corrected chi connectivity index (χ1v) is 11.9. The molecule has 6 heteroatoms. The summed E-state index contributed by atoms with van der Waals surface area (Å²) in [7, 11) is 1.93. The van der Waals surface area contributed by atoms with Gasteiger partial charge in [0.1, 0.15) is 0 Å². The predicted molar refractivity (Wildman–Crippen MR) is 135 cm³/mol. The maximum Gasteiger partial charge on any atom is 0.0960 e. The van der Waals surface area contributed by atoms with E-state index < -0.39 is 0 Å². The van der Waals surface area contributed by atoms with Crippen LogP contribution in [-0.4, -0.2) is 37.8 Å². The van der Waals surface area contributed by atoms with E-state index in [1.165, 1.54) is 11.1 Å². The minimum atomic E-state index is 0.176. The zero-order chi connectivity index (χ0) is 23.2. The van der Waals surface area contributed by atoms with Gasteiger partial charge in [-0.1, -0.05) is 47.7 Å². The number of rotatable bonds is 4. The van der Waals surface area contributed by atoms with E-state index in [0.29, 0.717) is 5.92 Å². The van der Waals surface area contributed by atoms with E-state index in [-0.39, 0.29) is 6.04 Å². The molecule has 1 radical (unpaired) electrons. The maximum absolute atomic E-state index is 5.74. The Hall–Kier alpha value is -3.51. The molecule has 2 aromatic carbocycles. The van der Waals surface area contributed by atoms with Crippen molar-refractivity contribution >= 4 is 21.9 Å². The summed E-state index contributed by atoms with van der Waals surface area (Å²) in [6.07, 6.45) is 4.01. The van der Waals surface area contributed by atoms with Crippen molar-refractivity contribution in [2.24, 2.45) is 13.0 Å². The number of ether oxygens (including phenoxy) is 1. The third-order valence-electron chi connectivity index (χ3n) is 7.10. The average molecular weight is 451 g/mol. The summed E-state index contributed by atoms with van der Waals surface area (Å²) >= 11 is 0. The summed E-state index contributed by atoms with van der Waals surface area (Å²) in [5, 5.41) is 9.63. The number of hydrogen-bond acceptors (Lipinski definition) is 4. The molecule has 0 unspecified atom stereocenters. The van der Waals surface area contributed by atoms with Crippen LogP contribution in [0.25, 0.3) is 33.2 Å². The van der Waals surface area contributed by atoms with E-state index in [9.17, 15) is 0 Å². The van der Waals surface area contributed by atoms with Gasteiger partial charge in [0.2, 0.25) is 0 Å². The third kappa shape index (κ3) is 3.41. The van der Waals surface area contributed by atoms with Gasteiger partial charge >= 0.3 is 0 Å². The number of aryl methyl sites for hydroxylation is 2. The van der Waals surface area contributed by atoms with Crippen LogP contribution >= 0.6 is 0 Å². The van der Waals surface area contributed by atoms with Gasteiger partial charge < -0.3 is 9.30 Å². The molecular weight excluding hydrogens is 422 g/mol. The van der Waals surface area contributed by atoms with Gasteiger partial charge in [0, 0.05) is 37.4 Å². The van der Waals surface area contributed by atoms with E-state index in [0.717, 1.165) is 65.0 Å². The molecule has 6 rings (SSSR count). The zero-order valence-corrected chi connectivity index (χ0v) is 19.6. The fraction of sp³-hybridized carbons (Fsp3) is 0.286. The second-order valence-electron chi connectivity index (χ2n) is 9.27. The first kappa shape index (κ1) is 21.1. The Bertz CT molecular complexity index is 1460. The largest absolute Gasteiger partial charge is 0.381 e. The molecule has 1 fully saturated rings. The highest BCUT2D eigenvalue weighted by atomic mass is 16.5. The van der Waals surface area contributed by atoms with Gasteiger partial charge in [-0.2, -0.15) is 0 Å². The Kier molecular flexibility index (Phi) is 5.18. The van der Waals surface area contributed by atoms with E-state index in [1.54, 1.807) is 0 Å². The van der Waals surface area contributed by atoms with Crippen molar-refractivity contribution in [3.63, 3.8) is 0 Å². The van der Waals surface area contributed by atoms with Crippen LogP contribution < -0.4 is 0 Å². The number of benzene rings is 2. The van der Waals surface area contributed by atoms with Crippen molar-refractivity contribution in [1.82, 2.24) is 24.5 Å². The smallest absolute Gasteiger partial charge is 0.0960 e. The van der Waals surface area contributed by atoms with Gasteiger partial charge in [-0.3, -0.25) is 4.98 Å². The number of pyridine rings is 1. The summed E-state index contributed by atoms with van der Waals surface area (Å²) in [5.74, 6) is 0.465. The van der Waals surface area contributed by atoms with Crippen LogP contribution in [0.1, 0.15) is 35.7 Å². The summed E-state index contributed by atoms with van der Waals surface area (Å²) in [6, 6.07) is 19.7. The lowest BCUT2D eigenvalue weighted by atomic mass is 9.86. The number of nitrogens with zero attached hydrogens (tertiary/aromatic N) is 5. The summed E-state index contributed by atoms with van der Waals surface area (Å²) < 4.78 is 10.1. The highest BCUT2D eigenvalue weighted by Gasteiger charge is 2.30. The van der Waals surface area contributed by atoms with Crippen LogP contribution in [0.15, 0.2) is 60.8 Å². The van der Waals surface area contributed by atoms with E-state index in [4.69, 9.17) is 9.72 Å². The lowest BCUT2D eigenvalue weighted by Crippen LogP contribution is -2.26. The van der Waals surface area contributed by atoms with Crippen LogP contribution in [0, 0.1) is 19.8 Å². The topological polar surface area (TPSA) is 57.8 Å². The highest BCUT2D eigenvalue weighted by Crippen LogP contribution is 2.41. The number of aromatic nitrogens is 5. The number of hydrogen-bond donors (Lipinski definition) is 0. The van der Waals surface area contributed by atoms with Gasteiger partial charge in [-0.15, -0.1) is 5.10 Å². The second kappa shape index (κ2) is 8.37. The van der Waals surface area contributed by atoms with E-state index >= 15 is 0 Å². The molecule has 5 aromatic rings. The Morgan fingerprint density at radius 1 is 1.03 bits per heavy atom. The summed E-state index contributed by atoms with van der Waals surface area (Å²) in [4.78, 5) is 4.98. The zero-order valence-electron chi connectivity index (χ0n) is 19.6. The predicted octanol–water partition coefficient (Wildman–Crippen LogP) is 5.49. The molecule has 3 aromatic heterocycles. The second-order valence-corrected chi connectivity index (χ2v) is 9.27. The SMILES string of the molecule is [CH2]c1ccc2c3ncc(-c4c(C)nnn4C)cc3n([C@H](c3ccccc3)C3CCOCC3)c2c1. The van der Waals surface area contributed by atoms with Gasteiger partial charge in [0.05, 0.1) is 34.0 Å². The Morgan fingerprint density at radius 3 is 2.56 bits per heavy atom. The van der Waals surface area contributed by atoms with E-state index in [1.807, 2.05) is 24.9 Å². The molecule has 0 N–H and O–H groups in total. The molecule has 0 spiro atoms.